The number of carbonyl (C=O) groups is 2. The van der Waals surface area contributed by atoms with Crippen LogP contribution in [0.4, 0.5) is 4.39 Å². The van der Waals surface area contributed by atoms with Gasteiger partial charge in [0.2, 0.25) is 21.8 Å². The zero-order valence-corrected chi connectivity index (χ0v) is 20.4. The number of aryl methyl sites for hydroxylation is 1. The van der Waals surface area contributed by atoms with Crippen molar-refractivity contribution in [2.24, 2.45) is 5.92 Å². The van der Waals surface area contributed by atoms with Gasteiger partial charge in [-0.3, -0.25) is 9.59 Å². The van der Waals surface area contributed by atoms with E-state index in [4.69, 9.17) is 0 Å². The number of amides is 2. The Kier molecular flexibility index (Phi) is 8.79. The number of hydrogen-bond donors (Lipinski definition) is 1. The van der Waals surface area contributed by atoms with Gasteiger partial charge in [-0.15, -0.1) is 0 Å². The molecule has 3 rings (SSSR count). The number of sulfonamides is 1. The number of nitrogens with one attached hydrogen (secondary N) is 1. The van der Waals surface area contributed by atoms with Crippen molar-refractivity contribution < 1.29 is 22.4 Å². The zero-order valence-electron chi connectivity index (χ0n) is 19.6. The number of benzene rings is 2. The van der Waals surface area contributed by atoms with Gasteiger partial charge in [-0.2, -0.15) is 4.72 Å². The van der Waals surface area contributed by atoms with E-state index >= 15 is 0 Å². The highest BCUT2D eigenvalue weighted by Crippen LogP contribution is 2.17. The summed E-state index contributed by atoms with van der Waals surface area (Å²) >= 11 is 0. The van der Waals surface area contributed by atoms with Crippen molar-refractivity contribution in [1.29, 1.82) is 0 Å². The molecular weight excluding hydrogens is 457 g/mol. The molecule has 0 spiro atoms. The zero-order chi connectivity index (χ0) is 24.7. The van der Waals surface area contributed by atoms with Crippen molar-refractivity contribution >= 4 is 21.8 Å². The van der Waals surface area contributed by atoms with E-state index < -0.39 is 26.8 Å². The summed E-state index contributed by atoms with van der Waals surface area (Å²) in [6, 6.07) is 14.0. The van der Waals surface area contributed by atoms with Gasteiger partial charge < -0.3 is 9.80 Å². The first-order valence-electron chi connectivity index (χ1n) is 11.6. The Labute approximate surface area is 201 Å². The second-order valence-corrected chi connectivity index (χ2v) is 10.5. The molecule has 7 nitrogen and oxygen atoms in total. The maximum absolute atomic E-state index is 14.0. The molecule has 2 aromatic carbocycles. The Balaban J connectivity index is 1.54. The molecule has 0 saturated carbocycles. The van der Waals surface area contributed by atoms with Crippen molar-refractivity contribution in [2.45, 2.75) is 44.0 Å². The Hall–Kier alpha value is -2.78. The molecule has 34 heavy (non-hydrogen) atoms. The molecule has 0 aromatic heterocycles. The lowest BCUT2D eigenvalue weighted by atomic mass is 10.0. The van der Waals surface area contributed by atoms with Crippen LogP contribution >= 0.6 is 0 Å². The summed E-state index contributed by atoms with van der Waals surface area (Å²) in [6.07, 6.45) is 2.04. The fourth-order valence-electron chi connectivity index (χ4n) is 3.98. The molecule has 1 aliphatic heterocycles. The molecule has 1 N–H and O–H groups in total. The largest absolute Gasteiger partial charge is 0.339 e. The third-order valence-corrected chi connectivity index (χ3v) is 7.46. The molecule has 2 amide bonds. The van der Waals surface area contributed by atoms with E-state index in [0.717, 1.165) is 18.9 Å². The summed E-state index contributed by atoms with van der Waals surface area (Å²) in [7, 11) is -4.21. The average Bonchev–Trinajstić information content (AvgIpc) is 2.83. The van der Waals surface area contributed by atoms with Crippen LogP contribution in [0.15, 0.2) is 59.5 Å². The highest BCUT2D eigenvalue weighted by molar-refractivity contribution is 7.89. The number of nitrogens with zero attached hydrogens (tertiary/aromatic N) is 2. The highest BCUT2D eigenvalue weighted by atomic mass is 32.2. The minimum atomic E-state index is -4.21. The average molecular weight is 490 g/mol. The summed E-state index contributed by atoms with van der Waals surface area (Å²) in [4.78, 5) is 28.6. The quantitative estimate of drug-likeness (QED) is 0.587. The first-order chi connectivity index (χ1) is 16.2. The molecule has 0 aliphatic carbocycles. The molecule has 0 unspecified atom stereocenters. The number of carbonyl (C=O) groups excluding carboxylic acids is 2. The smallest absolute Gasteiger partial charge is 0.244 e. The third-order valence-electron chi connectivity index (χ3n) is 5.98. The molecule has 1 fully saturated rings. The predicted molar refractivity (Wildman–Crippen MR) is 128 cm³/mol. The summed E-state index contributed by atoms with van der Waals surface area (Å²) in [6.45, 7) is 4.93. The van der Waals surface area contributed by atoms with Crippen LogP contribution in [-0.2, 0) is 26.0 Å². The topological polar surface area (TPSA) is 86.8 Å². The fourth-order valence-corrected chi connectivity index (χ4v) is 5.40. The van der Waals surface area contributed by atoms with Gasteiger partial charge >= 0.3 is 0 Å². The van der Waals surface area contributed by atoms with Gasteiger partial charge in [-0.25, -0.2) is 12.8 Å². The molecule has 9 heteroatoms. The maximum atomic E-state index is 14.0. The van der Waals surface area contributed by atoms with Crippen molar-refractivity contribution in [3.05, 3.63) is 66.0 Å². The highest BCUT2D eigenvalue weighted by Gasteiger charge is 2.34. The summed E-state index contributed by atoms with van der Waals surface area (Å²) in [5.74, 6) is -1.52. The van der Waals surface area contributed by atoms with E-state index in [1.54, 1.807) is 23.6 Å². The van der Waals surface area contributed by atoms with Crippen molar-refractivity contribution in [2.75, 3.05) is 26.2 Å². The first-order valence-corrected chi connectivity index (χ1v) is 13.0. The Morgan fingerprint density at radius 1 is 0.941 bits per heavy atom. The van der Waals surface area contributed by atoms with Crippen LogP contribution in [-0.4, -0.2) is 62.3 Å². The Morgan fingerprint density at radius 2 is 1.53 bits per heavy atom. The van der Waals surface area contributed by atoms with Gasteiger partial charge in [0.25, 0.3) is 0 Å². The van der Waals surface area contributed by atoms with E-state index in [1.165, 1.54) is 23.8 Å². The van der Waals surface area contributed by atoms with E-state index in [-0.39, 0.29) is 17.7 Å². The fraction of sp³-hybridized carbons (Fsp3) is 0.440. The van der Waals surface area contributed by atoms with Gasteiger partial charge in [0, 0.05) is 32.6 Å². The molecular formula is C25H32FN3O4S. The molecule has 1 aliphatic rings. The van der Waals surface area contributed by atoms with Gasteiger partial charge in [0.05, 0.1) is 0 Å². The van der Waals surface area contributed by atoms with Crippen molar-refractivity contribution in [1.82, 2.24) is 14.5 Å². The van der Waals surface area contributed by atoms with Crippen LogP contribution in [0, 0.1) is 11.7 Å². The SMILES string of the molecule is CC(C)[C@H](NS(=O)(=O)c1ccccc1F)C(=O)N1CCN(C(=O)CCCc2ccccc2)CC1. The predicted octanol–water partition coefficient (Wildman–Crippen LogP) is 2.82. The van der Waals surface area contributed by atoms with Gasteiger partial charge in [-0.1, -0.05) is 56.3 Å². The first kappa shape index (κ1) is 25.8. The van der Waals surface area contributed by atoms with Gasteiger partial charge in [0.1, 0.15) is 16.8 Å². The lowest BCUT2D eigenvalue weighted by molar-refractivity contribution is -0.141. The normalized spacial score (nSPS) is 15.4. The molecule has 1 atom stereocenters. The number of halogens is 1. The van der Waals surface area contributed by atoms with Crippen molar-refractivity contribution in [3.8, 4) is 0 Å². The second kappa shape index (κ2) is 11.6. The molecule has 184 valence electrons. The molecule has 0 radical (unpaired) electrons. The van der Waals surface area contributed by atoms with Crippen LogP contribution in [0.3, 0.4) is 0 Å². The lowest BCUT2D eigenvalue weighted by Gasteiger charge is -2.37. The van der Waals surface area contributed by atoms with Gasteiger partial charge in [-0.05, 0) is 36.5 Å². The molecule has 1 saturated heterocycles. The number of hydrogen-bond acceptors (Lipinski definition) is 4. The van der Waals surface area contributed by atoms with Crippen LogP contribution in [0.25, 0.3) is 0 Å². The summed E-state index contributed by atoms with van der Waals surface area (Å²) in [5.41, 5.74) is 1.20. The number of piperazine rings is 1. The summed E-state index contributed by atoms with van der Waals surface area (Å²) in [5, 5.41) is 0. The van der Waals surface area contributed by atoms with E-state index in [1.807, 2.05) is 30.3 Å². The molecule has 0 bridgehead atoms. The monoisotopic (exact) mass is 489 g/mol. The van der Waals surface area contributed by atoms with E-state index in [0.29, 0.717) is 32.6 Å². The third kappa shape index (κ3) is 6.64. The van der Waals surface area contributed by atoms with Crippen LogP contribution < -0.4 is 4.72 Å². The number of rotatable bonds is 9. The lowest BCUT2D eigenvalue weighted by Crippen LogP contribution is -2.57. The summed E-state index contributed by atoms with van der Waals surface area (Å²) < 4.78 is 41.9. The standard InChI is InChI=1S/C25H32FN3O4S/c1-19(2)24(27-34(32,33)22-13-7-6-12-21(22)26)25(31)29-17-15-28(16-18-29)23(30)14-8-11-20-9-4-3-5-10-20/h3-7,9-10,12-13,19,24,27H,8,11,14-18H2,1-2H3/t24-/m0/s1. The van der Waals surface area contributed by atoms with E-state index in [9.17, 15) is 22.4 Å². The van der Waals surface area contributed by atoms with Crippen LogP contribution in [0.2, 0.25) is 0 Å². The second-order valence-electron chi connectivity index (χ2n) is 8.82. The Bertz CT molecular complexity index is 1080. The minimum Gasteiger partial charge on any atom is -0.339 e. The molecule has 1 heterocycles. The van der Waals surface area contributed by atoms with Crippen LogP contribution in [0.5, 0.6) is 0 Å². The maximum Gasteiger partial charge on any atom is 0.244 e. The Morgan fingerprint density at radius 3 is 2.15 bits per heavy atom. The van der Waals surface area contributed by atoms with Gasteiger partial charge in [0.15, 0.2) is 0 Å². The molecule has 2 aromatic rings. The van der Waals surface area contributed by atoms with Crippen LogP contribution in [0.1, 0.15) is 32.3 Å². The van der Waals surface area contributed by atoms with Crippen molar-refractivity contribution in [3.63, 3.8) is 0 Å². The minimum absolute atomic E-state index is 0.0590. The van der Waals surface area contributed by atoms with E-state index in [2.05, 4.69) is 4.72 Å².